The van der Waals surface area contributed by atoms with Gasteiger partial charge in [-0.3, -0.25) is 4.89 Å². The molecule has 11 heavy (non-hydrogen) atoms. The van der Waals surface area contributed by atoms with E-state index in [4.69, 9.17) is 0 Å². The molecule has 0 amide bonds. The van der Waals surface area contributed by atoms with Crippen LogP contribution in [0.15, 0.2) is 12.5 Å². The summed E-state index contributed by atoms with van der Waals surface area (Å²) < 4.78 is 0. The molecule has 0 fully saturated rings. The average molecular weight is 156 g/mol. The normalized spacial score (nSPS) is 9.55. The van der Waals surface area contributed by atoms with Crippen molar-refractivity contribution in [2.45, 2.75) is 13.5 Å². The van der Waals surface area contributed by atoms with Crippen LogP contribution in [0.1, 0.15) is 12.6 Å². The SMILES string of the molecule is CC(=O)OOCc1cnc[nH]1. The van der Waals surface area contributed by atoms with Crippen molar-refractivity contribution in [3.8, 4) is 0 Å². The number of aromatic amines is 1. The van der Waals surface area contributed by atoms with Gasteiger partial charge in [0, 0.05) is 6.92 Å². The molecule has 0 saturated heterocycles. The van der Waals surface area contributed by atoms with Gasteiger partial charge in [-0.2, -0.15) is 4.89 Å². The third-order valence-electron chi connectivity index (χ3n) is 0.946. The lowest BCUT2D eigenvalue weighted by molar-refractivity contribution is -0.278. The molecule has 1 heterocycles. The zero-order chi connectivity index (χ0) is 8.10. The molecule has 0 aliphatic rings. The number of imidazole rings is 1. The highest BCUT2D eigenvalue weighted by Crippen LogP contribution is 1.94. The molecule has 5 nitrogen and oxygen atoms in total. The summed E-state index contributed by atoms with van der Waals surface area (Å²) in [5.74, 6) is -0.468. The molecule has 0 aliphatic carbocycles. The molecule has 0 saturated carbocycles. The van der Waals surface area contributed by atoms with E-state index in [9.17, 15) is 4.79 Å². The zero-order valence-electron chi connectivity index (χ0n) is 6.03. The number of nitrogens with zero attached hydrogens (tertiary/aromatic N) is 1. The highest BCUT2D eigenvalue weighted by Gasteiger charge is 1.96. The summed E-state index contributed by atoms with van der Waals surface area (Å²) >= 11 is 0. The quantitative estimate of drug-likeness (QED) is 0.508. The smallest absolute Gasteiger partial charge is 0.339 e. The van der Waals surface area contributed by atoms with E-state index in [0.717, 1.165) is 5.69 Å². The van der Waals surface area contributed by atoms with Crippen molar-refractivity contribution in [1.29, 1.82) is 0 Å². The van der Waals surface area contributed by atoms with Crippen molar-refractivity contribution in [3.05, 3.63) is 18.2 Å². The minimum Gasteiger partial charge on any atom is -0.346 e. The lowest BCUT2D eigenvalue weighted by atomic mass is 10.5. The second kappa shape index (κ2) is 3.72. The van der Waals surface area contributed by atoms with Crippen molar-refractivity contribution in [2.24, 2.45) is 0 Å². The number of rotatable bonds is 3. The molecule has 1 aromatic rings. The van der Waals surface area contributed by atoms with Crippen molar-refractivity contribution >= 4 is 5.97 Å². The van der Waals surface area contributed by atoms with E-state index >= 15 is 0 Å². The van der Waals surface area contributed by atoms with Gasteiger partial charge in [0.2, 0.25) is 0 Å². The standard InChI is InChI=1S/C6H8N2O3/c1-5(9)11-10-3-6-2-7-4-8-6/h2,4H,3H2,1H3,(H,7,8). The third kappa shape index (κ3) is 2.81. The maximum Gasteiger partial charge on any atom is 0.339 e. The Hall–Kier alpha value is -1.36. The summed E-state index contributed by atoms with van der Waals surface area (Å²) in [5, 5.41) is 0. The van der Waals surface area contributed by atoms with Gasteiger partial charge in [-0.05, 0) is 0 Å². The Balaban J connectivity index is 2.19. The van der Waals surface area contributed by atoms with Crippen LogP contribution in [0.25, 0.3) is 0 Å². The van der Waals surface area contributed by atoms with Gasteiger partial charge in [-0.15, -0.1) is 0 Å². The minimum absolute atomic E-state index is 0.194. The average Bonchev–Trinajstić information content (AvgIpc) is 2.39. The predicted octanol–water partition coefficient (Wildman–Crippen LogP) is 0.404. The molecule has 0 bridgehead atoms. The lowest BCUT2D eigenvalue weighted by Crippen LogP contribution is -2.00. The van der Waals surface area contributed by atoms with Crippen LogP contribution < -0.4 is 0 Å². The van der Waals surface area contributed by atoms with Crippen LogP contribution in [0.4, 0.5) is 0 Å². The van der Waals surface area contributed by atoms with Crippen LogP contribution >= 0.6 is 0 Å². The van der Waals surface area contributed by atoms with E-state index in [2.05, 4.69) is 19.7 Å². The third-order valence-corrected chi connectivity index (χ3v) is 0.946. The number of carbonyl (C=O) groups excluding carboxylic acids is 1. The first-order valence-electron chi connectivity index (χ1n) is 3.06. The molecule has 0 atom stereocenters. The lowest BCUT2D eigenvalue weighted by Gasteiger charge is -1.97. The molecule has 0 aromatic carbocycles. The molecular weight excluding hydrogens is 148 g/mol. The van der Waals surface area contributed by atoms with Gasteiger partial charge >= 0.3 is 5.97 Å². The van der Waals surface area contributed by atoms with Gasteiger partial charge in [0.05, 0.1) is 18.2 Å². The second-order valence-corrected chi connectivity index (χ2v) is 1.91. The number of carbonyl (C=O) groups is 1. The summed E-state index contributed by atoms with van der Waals surface area (Å²) in [6, 6.07) is 0. The van der Waals surface area contributed by atoms with Crippen molar-refractivity contribution in [1.82, 2.24) is 9.97 Å². The molecule has 1 aromatic heterocycles. The maximum absolute atomic E-state index is 10.2. The highest BCUT2D eigenvalue weighted by atomic mass is 17.2. The number of aromatic nitrogens is 2. The molecule has 1 N–H and O–H groups in total. The summed E-state index contributed by atoms with van der Waals surface area (Å²) in [6.07, 6.45) is 3.11. The van der Waals surface area contributed by atoms with Gasteiger partial charge in [0.1, 0.15) is 6.61 Å². The summed E-state index contributed by atoms with van der Waals surface area (Å²) in [5.41, 5.74) is 0.756. The van der Waals surface area contributed by atoms with Crippen molar-refractivity contribution in [2.75, 3.05) is 0 Å². The summed E-state index contributed by atoms with van der Waals surface area (Å²) in [7, 11) is 0. The Morgan fingerprint density at radius 3 is 3.18 bits per heavy atom. The first-order chi connectivity index (χ1) is 5.29. The van der Waals surface area contributed by atoms with E-state index in [1.807, 2.05) is 0 Å². The first kappa shape index (κ1) is 7.74. The van der Waals surface area contributed by atoms with E-state index in [-0.39, 0.29) is 6.61 Å². The Morgan fingerprint density at radius 1 is 1.82 bits per heavy atom. The maximum atomic E-state index is 10.2. The summed E-state index contributed by atoms with van der Waals surface area (Å²) in [4.78, 5) is 25.5. The van der Waals surface area contributed by atoms with Gasteiger partial charge in [-0.25, -0.2) is 9.78 Å². The molecule has 0 aliphatic heterocycles. The van der Waals surface area contributed by atoms with Crippen molar-refractivity contribution in [3.63, 3.8) is 0 Å². The van der Waals surface area contributed by atoms with Crippen LogP contribution in [0.2, 0.25) is 0 Å². The van der Waals surface area contributed by atoms with Crippen LogP contribution in [0, 0.1) is 0 Å². The molecular formula is C6H8N2O3. The highest BCUT2D eigenvalue weighted by molar-refractivity contribution is 5.65. The molecule has 0 spiro atoms. The monoisotopic (exact) mass is 156 g/mol. The van der Waals surface area contributed by atoms with E-state index in [1.54, 1.807) is 6.20 Å². The topological polar surface area (TPSA) is 64.2 Å². The predicted molar refractivity (Wildman–Crippen MR) is 35.1 cm³/mol. The van der Waals surface area contributed by atoms with Gasteiger partial charge in [0.15, 0.2) is 0 Å². The molecule has 60 valence electrons. The van der Waals surface area contributed by atoms with Crippen LogP contribution in [-0.4, -0.2) is 15.9 Å². The van der Waals surface area contributed by atoms with E-state index < -0.39 is 5.97 Å². The molecule has 0 radical (unpaired) electrons. The molecule has 1 rings (SSSR count). The van der Waals surface area contributed by atoms with Gasteiger partial charge in [-0.1, -0.05) is 0 Å². The number of nitrogens with one attached hydrogen (secondary N) is 1. The molecule has 0 unspecified atom stereocenters. The number of H-pyrrole nitrogens is 1. The zero-order valence-corrected chi connectivity index (χ0v) is 6.03. The van der Waals surface area contributed by atoms with E-state index in [0.29, 0.717) is 0 Å². The fourth-order valence-electron chi connectivity index (χ4n) is 0.540. The van der Waals surface area contributed by atoms with Crippen LogP contribution in [0.3, 0.4) is 0 Å². The molecule has 5 heteroatoms. The Labute approximate surface area is 63.3 Å². The minimum atomic E-state index is -0.468. The van der Waals surface area contributed by atoms with Crippen LogP contribution in [0.5, 0.6) is 0 Å². The summed E-state index contributed by atoms with van der Waals surface area (Å²) in [6.45, 7) is 1.46. The Morgan fingerprint density at radius 2 is 2.64 bits per heavy atom. The van der Waals surface area contributed by atoms with Gasteiger partial charge in [0.25, 0.3) is 0 Å². The van der Waals surface area contributed by atoms with Crippen LogP contribution in [-0.2, 0) is 21.2 Å². The largest absolute Gasteiger partial charge is 0.346 e. The van der Waals surface area contributed by atoms with Gasteiger partial charge < -0.3 is 4.98 Å². The first-order valence-corrected chi connectivity index (χ1v) is 3.06. The van der Waals surface area contributed by atoms with E-state index in [1.165, 1.54) is 13.3 Å². The second-order valence-electron chi connectivity index (χ2n) is 1.91. The Kier molecular flexibility index (Phi) is 2.62. The fraction of sp³-hybridized carbons (Fsp3) is 0.333. The number of hydrogen-bond acceptors (Lipinski definition) is 4. The Bertz CT molecular complexity index is 220. The fourth-order valence-corrected chi connectivity index (χ4v) is 0.540. The van der Waals surface area contributed by atoms with Crippen molar-refractivity contribution < 1.29 is 14.6 Å². The number of hydrogen-bond donors (Lipinski definition) is 1.